The number of aryl methyl sites for hydroxylation is 1. The van der Waals surface area contributed by atoms with Gasteiger partial charge in [-0.2, -0.15) is 26.3 Å². The normalized spacial score (nSPS) is 12.5. The van der Waals surface area contributed by atoms with Crippen LogP contribution in [-0.4, -0.2) is 19.6 Å². The molecule has 4 rings (SSSR count). The van der Waals surface area contributed by atoms with Gasteiger partial charge in [0.05, 0.1) is 16.8 Å². The number of hydrogen-bond acceptors (Lipinski definition) is 3. The molecule has 0 aliphatic rings. The van der Waals surface area contributed by atoms with E-state index in [2.05, 4.69) is 15.1 Å². The van der Waals surface area contributed by atoms with Crippen molar-refractivity contribution in [3.05, 3.63) is 76.0 Å². The summed E-state index contributed by atoms with van der Waals surface area (Å²) in [5, 5.41) is 2.74. The zero-order valence-electron chi connectivity index (χ0n) is 15.6. The van der Waals surface area contributed by atoms with E-state index in [1.54, 1.807) is 6.92 Å². The molecule has 11 heteroatoms. The molecule has 0 atom stereocenters. The summed E-state index contributed by atoms with van der Waals surface area (Å²) in [6.07, 6.45) is -7.29. The number of aromatic amines is 1. The van der Waals surface area contributed by atoms with E-state index in [4.69, 9.17) is 0 Å². The average molecular weight is 438 g/mol. The Balaban J connectivity index is 1.94. The number of aromatic nitrogens is 4. The summed E-state index contributed by atoms with van der Waals surface area (Å²) in [7, 11) is 0. The van der Waals surface area contributed by atoms with Gasteiger partial charge >= 0.3 is 12.4 Å². The van der Waals surface area contributed by atoms with Gasteiger partial charge in [-0.25, -0.2) is 9.50 Å². The summed E-state index contributed by atoms with van der Waals surface area (Å²) < 4.78 is 79.8. The Bertz CT molecular complexity index is 1330. The number of benzene rings is 1. The van der Waals surface area contributed by atoms with Crippen LogP contribution in [0.3, 0.4) is 0 Å². The molecule has 0 saturated heterocycles. The van der Waals surface area contributed by atoms with Crippen LogP contribution in [0.4, 0.5) is 26.3 Å². The molecule has 1 N–H and O–H groups in total. The Kier molecular flexibility index (Phi) is 4.64. The number of halogens is 6. The molecule has 160 valence electrons. The highest BCUT2D eigenvalue weighted by atomic mass is 19.4. The van der Waals surface area contributed by atoms with E-state index in [9.17, 15) is 31.1 Å². The zero-order chi connectivity index (χ0) is 22.6. The summed E-state index contributed by atoms with van der Waals surface area (Å²) in [6.45, 7) is 1.58. The highest BCUT2D eigenvalue weighted by molar-refractivity contribution is 5.81. The molecule has 0 saturated carbocycles. The fourth-order valence-corrected chi connectivity index (χ4v) is 3.30. The number of alkyl halides is 6. The number of nitrogens with one attached hydrogen (secondary N) is 1. The fraction of sp³-hybridized carbons (Fsp3) is 0.150. The first-order chi connectivity index (χ1) is 14.5. The Morgan fingerprint density at radius 2 is 1.65 bits per heavy atom. The van der Waals surface area contributed by atoms with Crippen molar-refractivity contribution >= 4 is 5.65 Å². The van der Waals surface area contributed by atoms with Crippen LogP contribution in [0.15, 0.2) is 53.6 Å². The van der Waals surface area contributed by atoms with Gasteiger partial charge in [-0.1, -0.05) is 12.1 Å². The van der Waals surface area contributed by atoms with Gasteiger partial charge in [-0.05, 0) is 30.7 Å². The molecule has 0 aliphatic heterocycles. The number of rotatable bonds is 2. The van der Waals surface area contributed by atoms with Crippen molar-refractivity contribution in [1.82, 2.24) is 19.6 Å². The quantitative estimate of drug-likeness (QED) is 0.443. The molecule has 3 heterocycles. The van der Waals surface area contributed by atoms with Crippen LogP contribution >= 0.6 is 0 Å². The van der Waals surface area contributed by atoms with Crippen LogP contribution < -0.4 is 5.56 Å². The van der Waals surface area contributed by atoms with E-state index in [-0.39, 0.29) is 16.9 Å². The molecule has 1 aromatic carbocycles. The van der Waals surface area contributed by atoms with Crippen molar-refractivity contribution in [2.75, 3.05) is 0 Å². The summed E-state index contributed by atoms with van der Waals surface area (Å²) in [5.74, 6) is 0. The third-order valence-electron chi connectivity index (χ3n) is 4.70. The molecule has 3 aromatic heterocycles. The molecular weight excluding hydrogens is 426 g/mol. The molecule has 0 spiro atoms. The molecule has 0 aliphatic carbocycles. The standard InChI is InChI=1S/C20H12F6N4O/c1-10-17(11-2-4-12(5-3-11)19(21,22)23)18-28-15(8-16(31)30(18)29-10)13-9-27-7-6-14(13)20(24,25)26/h2-9,29H,1H3. The average Bonchev–Trinajstić information content (AvgIpc) is 3.03. The first-order valence-corrected chi connectivity index (χ1v) is 8.78. The van der Waals surface area contributed by atoms with Crippen molar-refractivity contribution in [3.63, 3.8) is 0 Å². The Morgan fingerprint density at radius 3 is 2.26 bits per heavy atom. The lowest BCUT2D eigenvalue weighted by Gasteiger charge is -2.12. The number of fused-ring (bicyclic) bond motifs is 1. The maximum absolute atomic E-state index is 13.4. The van der Waals surface area contributed by atoms with Crippen LogP contribution in [0.5, 0.6) is 0 Å². The van der Waals surface area contributed by atoms with Gasteiger partial charge in [0.1, 0.15) is 0 Å². The number of hydrogen-bond donors (Lipinski definition) is 1. The van der Waals surface area contributed by atoms with E-state index < -0.39 is 29.0 Å². The molecule has 0 amide bonds. The molecule has 0 unspecified atom stereocenters. The van der Waals surface area contributed by atoms with E-state index in [1.165, 1.54) is 12.1 Å². The van der Waals surface area contributed by atoms with Gasteiger partial charge in [0.2, 0.25) is 0 Å². The SMILES string of the molecule is Cc1[nH]n2c(=O)cc(-c3cnccc3C(F)(F)F)nc2c1-c1ccc(C(F)(F)F)cc1. The lowest BCUT2D eigenvalue weighted by Crippen LogP contribution is -2.16. The van der Waals surface area contributed by atoms with Gasteiger partial charge in [0, 0.05) is 35.3 Å². The third-order valence-corrected chi connectivity index (χ3v) is 4.70. The summed E-state index contributed by atoms with van der Waals surface area (Å²) in [4.78, 5) is 20.5. The van der Waals surface area contributed by atoms with Crippen molar-refractivity contribution < 1.29 is 26.3 Å². The van der Waals surface area contributed by atoms with E-state index in [0.717, 1.165) is 41.2 Å². The predicted molar refractivity (Wildman–Crippen MR) is 99.2 cm³/mol. The molecular formula is C20H12F6N4O. The monoisotopic (exact) mass is 438 g/mol. The Morgan fingerprint density at radius 1 is 0.968 bits per heavy atom. The van der Waals surface area contributed by atoms with Crippen LogP contribution in [0, 0.1) is 6.92 Å². The minimum Gasteiger partial charge on any atom is -0.293 e. The van der Waals surface area contributed by atoms with Gasteiger partial charge in [0.15, 0.2) is 5.65 Å². The molecule has 4 aromatic rings. The molecule has 5 nitrogen and oxygen atoms in total. The smallest absolute Gasteiger partial charge is 0.293 e. The van der Waals surface area contributed by atoms with Crippen LogP contribution in [-0.2, 0) is 12.4 Å². The Hall–Kier alpha value is -3.63. The number of pyridine rings is 1. The summed E-state index contributed by atoms with van der Waals surface area (Å²) >= 11 is 0. The van der Waals surface area contributed by atoms with Crippen LogP contribution in [0.25, 0.3) is 28.0 Å². The molecule has 0 fully saturated rings. The minimum atomic E-state index is -4.70. The van der Waals surface area contributed by atoms with Crippen molar-refractivity contribution in [2.45, 2.75) is 19.3 Å². The second-order valence-electron chi connectivity index (χ2n) is 6.74. The third kappa shape index (κ3) is 3.66. The van der Waals surface area contributed by atoms with Gasteiger partial charge in [0.25, 0.3) is 5.56 Å². The number of H-pyrrole nitrogens is 1. The van der Waals surface area contributed by atoms with E-state index >= 15 is 0 Å². The van der Waals surface area contributed by atoms with Gasteiger partial charge < -0.3 is 0 Å². The lowest BCUT2D eigenvalue weighted by atomic mass is 10.0. The zero-order valence-corrected chi connectivity index (χ0v) is 15.6. The van der Waals surface area contributed by atoms with Gasteiger partial charge in [-0.3, -0.25) is 14.9 Å². The fourth-order valence-electron chi connectivity index (χ4n) is 3.30. The summed E-state index contributed by atoms with van der Waals surface area (Å²) in [5.41, 5.74) is -2.18. The Labute approximate surface area is 170 Å². The molecule has 0 radical (unpaired) electrons. The summed E-state index contributed by atoms with van der Waals surface area (Å²) in [6, 6.07) is 5.89. The number of nitrogens with zero attached hydrogens (tertiary/aromatic N) is 3. The minimum absolute atomic E-state index is 0.0169. The maximum Gasteiger partial charge on any atom is 0.417 e. The van der Waals surface area contributed by atoms with Crippen LogP contribution in [0.2, 0.25) is 0 Å². The highest BCUT2D eigenvalue weighted by Crippen LogP contribution is 2.37. The first kappa shape index (κ1) is 20.6. The van der Waals surface area contributed by atoms with Crippen molar-refractivity contribution in [2.24, 2.45) is 0 Å². The topological polar surface area (TPSA) is 63.0 Å². The van der Waals surface area contributed by atoms with Crippen molar-refractivity contribution in [1.29, 1.82) is 0 Å². The lowest BCUT2D eigenvalue weighted by molar-refractivity contribution is -0.138. The second kappa shape index (κ2) is 6.96. The largest absolute Gasteiger partial charge is 0.417 e. The van der Waals surface area contributed by atoms with E-state index in [1.807, 2.05) is 0 Å². The van der Waals surface area contributed by atoms with Gasteiger partial charge in [-0.15, -0.1) is 0 Å². The first-order valence-electron chi connectivity index (χ1n) is 8.78. The van der Waals surface area contributed by atoms with E-state index in [0.29, 0.717) is 16.8 Å². The highest BCUT2D eigenvalue weighted by Gasteiger charge is 2.34. The second-order valence-corrected chi connectivity index (χ2v) is 6.74. The van der Waals surface area contributed by atoms with Crippen molar-refractivity contribution in [3.8, 4) is 22.4 Å². The molecule has 31 heavy (non-hydrogen) atoms. The predicted octanol–water partition coefficient (Wildman–Crippen LogP) is 5.10. The maximum atomic E-state index is 13.4. The van der Waals surface area contributed by atoms with Crippen LogP contribution in [0.1, 0.15) is 16.8 Å². The molecule has 0 bridgehead atoms.